The van der Waals surface area contributed by atoms with Crippen molar-refractivity contribution >= 4 is 23.5 Å². The topological polar surface area (TPSA) is 102 Å². The van der Waals surface area contributed by atoms with Crippen LogP contribution in [-0.2, 0) is 27.4 Å². The Morgan fingerprint density at radius 2 is 2.04 bits per heavy atom. The van der Waals surface area contributed by atoms with Crippen LogP contribution >= 0.6 is 0 Å². The first-order valence-corrected chi connectivity index (χ1v) is 8.52. The summed E-state index contributed by atoms with van der Waals surface area (Å²) in [4.78, 5) is 34.3. The largest absolute Gasteiger partial charge is 0.496 e. The van der Waals surface area contributed by atoms with Crippen molar-refractivity contribution in [2.75, 3.05) is 19.1 Å². The molecule has 0 saturated heterocycles. The Kier molecular flexibility index (Phi) is 6.92. The SMILES string of the molecule is COc1c(C)c2c(c(NC(=O)CF)c1CC/C=C/CCC(=O)O)C(=O)OC2. The predicted octanol–water partition coefficient (Wildman–Crippen LogP) is 2.94. The fourth-order valence-corrected chi connectivity index (χ4v) is 3.08. The highest BCUT2D eigenvalue weighted by atomic mass is 19.1. The molecule has 1 aromatic rings. The van der Waals surface area contributed by atoms with Crippen molar-refractivity contribution in [3.8, 4) is 5.75 Å². The number of carbonyl (C=O) groups is 3. The summed E-state index contributed by atoms with van der Waals surface area (Å²) in [7, 11) is 1.49. The Morgan fingerprint density at radius 1 is 1.33 bits per heavy atom. The van der Waals surface area contributed by atoms with Crippen LogP contribution in [0.4, 0.5) is 10.1 Å². The fourth-order valence-electron chi connectivity index (χ4n) is 3.08. The number of carbonyl (C=O) groups excluding carboxylic acids is 2. The Balaban J connectivity index is 2.36. The summed E-state index contributed by atoms with van der Waals surface area (Å²) < 4.78 is 23.3. The molecule has 1 aliphatic rings. The third-order valence-electron chi connectivity index (χ3n) is 4.32. The van der Waals surface area contributed by atoms with E-state index in [1.54, 1.807) is 13.0 Å². The molecule has 0 saturated carbocycles. The zero-order valence-electron chi connectivity index (χ0n) is 15.3. The van der Waals surface area contributed by atoms with Gasteiger partial charge in [-0.15, -0.1) is 0 Å². The second-order valence-corrected chi connectivity index (χ2v) is 6.07. The highest BCUT2D eigenvalue weighted by Gasteiger charge is 2.32. The first kappa shape index (κ1) is 20.4. The van der Waals surface area contributed by atoms with Crippen molar-refractivity contribution in [2.24, 2.45) is 0 Å². The van der Waals surface area contributed by atoms with Crippen LogP contribution in [0, 0.1) is 6.92 Å². The van der Waals surface area contributed by atoms with E-state index in [-0.39, 0.29) is 24.3 Å². The lowest BCUT2D eigenvalue weighted by Gasteiger charge is -2.19. The number of amides is 1. The lowest BCUT2D eigenvalue weighted by atomic mass is 9.93. The highest BCUT2D eigenvalue weighted by Crippen LogP contribution is 2.41. The van der Waals surface area contributed by atoms with Gasteiger partial charge in [0, 0.05) is 17.5 Å². The number of anilines is 1. The summed E-state index contributed by atoms with van der Waals surface area (Å²) in [5.41, 5.74) is 2.39. The van der Waals surface area contributed by atoms with Crippen LogP contribution in [-0.4, -0.2) is 36.7 Å². The van der Waals surface area contributed by atoms with Crippen LogP contribution in [0.2, 0.25) is 0 Å². The van der Waals surface area contributed by atoms with Gasteiger partial charge in [0.25, 0.3) is 5.91 Å². The molecule has 0 fully saturated rings. The predicted molar refractivity (Wildman–Crippen MR) is 95.8 cm³/mol. The first-order valence-electron chi connectivity index (χ1n) is 8.52. The summed E-state index contributed by atoms with van der Waals surface area (Å²) >= 11 is 0. The Hall–Kier alpha value is -2.90. The standard InChI is InChI=1S/C19H22FNO6/c1-11-13-10-27-19(25)16(13)17(21-14(22)9-20)12(18(11)26-2)7-5-3-4-6-8-15(23)24/h3-4H,5-10H2,1-2H3,(H,21,22)(H,23,24)/b4-3+. The van der Waals surface area contributed by atoms with Crippen molar-refractivity contribution in [1.82, 2.24) is 0 Å². The smallest absolute Gasteiger partial charge is 0.341 e. The Bertz CT molecular complexity index is 787. The van der Waals surface area contributed by atoms with E-state index in [4.69, 9.17) is 14.6 Å². The number of carboxylic acid groups (broad SMARTS) is 1. The minimum absolute atomic E-state index is 0.0431. The number of ether oxygens (including phenoxy) is 2. The summed E-state index contributed by atoms with van der Waals surface area (Å²) in [5, 5.41) is 11.1. The molecule has 1 amide bonds. The van der Waals surface area contributed by atoms with Crippen LogP contribution in [0.15, 0.2) is 12.2 Å². The minimum atomic E-state index is -1.21. The maximum atomic E-state index is 12.8. The second-order valence-electron chi connectivity index (χ2n) is 6.07. The number of fused-ring (bicyclic) bond motifs is 1. The lowest BCUT2D eigenvalue weighted by Crippen LogP contribution is -2.18. The maximum Gasteiger partial charge on any atom is 0.341 e. The van der Waals surface area contributed by atoms with Gasteiger partial charge < -0.3 is 19.9 Å². The monoisotopic (exact) mass is 379 g/mol. The van der Waals surface area contributed by atoms with Gasteiger partial charge >= 0.3 is 11.9 Å². The van der Waals surface area contributed by atoms with Crippen molar-refractivity contribution in [3.05, 3.63) is 34.4 Å². The number of esters is 1. The second kappa shape index (κ2) is 9.16. The number of benzene rings is 1. The van der Waals surface area contributed by atoms with Crippen LogP contribution < -0.4 is 10.1 Å². The molecule has 1 heterocycles. The van der Waals surface area contributed by atoms with E-state index in [2.05, 4.69) is 5.32 Å². The average molecular weight is 379 g/mol. The number of halogens is 1. The van der Waals surface area contributed by atoms with Gasteiger partial charge in [-0.25, -0.2) is 9.18 Å². The van der Waals surface area contributed by atoms with Gasteiger partial charge in [0.2, 0.25) is 0 Å². The average Bonchev–Trinajstić information content (AvgIpc) is 3.02. The van der Waals surface area contributed by atoms with E-state index in [0.717, 1.165) is 5.56 Å². The number of rotatable bonds is 9. The highest BCUT2D eigenvalue weighted by molar-refractivity contribution is 6.06. The number of hydrogen-bond donors (Lipinski definition) is 2. The van der Waals surface area contributed by atoms with Crippen molar-refractivity contribution < 1.29 is 33.4 Å². The van der Waals surface area contributed by atoms with Crippen molar-refractivity contribution in [1.29, 1.82) is 0 Å². The van der Waals surface area contributed by atoms with Gasteiger partial charge in [-0.1, -0.05) is 12.2 Å². The van der Waals surface area contributed by atoms with Crippen LogP contribution in [0.5, 0.6) is 5.75 Å². The molecule has 0 atom stereocenters. The molecular weight excluding hydrogens is 357 g/mol. The molecule has 2 rings (SSSR count). The van der Waals surface area contributed by atoms with Crippen molar-refractivity contribution in [3.63, 3.8) is 0 Å². The first-order chi connectivity index (χ1) is 12.9. The molecule has 1 aliphatic heterocycles. The molecule has 27 heavy (non-hydrogen) atoms. The molecule has 0 aromatic heterocycles. The quantitative estimate of drug-likeness (QED) is 0.505. The molecule has 7 nitrogen and oxygen atoms in total. The zero-order chi connectivity index (χ0) is 20.0. The summed E-state index contributed by atoms with van der Waals surface area (Å²) in [6.45, 7) is 0.658. The van der Waals surface area contributed by atoms with E-state index in [1.807, 2.05) is 6.08 Å². The molecular formula is C19H22FNO6. The summed E-state index contributed by atoms with van der Waals surface area (Å²) in [5.74, 6) is -1.78. The number of methoxy groups -OCH3 is 1. The maximum absolute atomic E-state index is 12.8. The van der Waals surface area contributed by atoms with E-state index in [1.165, 1.54) is 7.11 Å². The fraction of sp³-hybridized carbons (Fsp3) is 0.421. The van der Waals surface area contributed by atoms with E-state index >= 15 is 0 Å². The number of cyclic esters (lactones) is 1. The van der Waals surface area contributed by atoms with Crippen LogP contribution in [0.1, 0.15) is 46.3 Å². The van der Waals surface area contributed by atoms with Gasteiger partial charge in [0.15, 0.2) is 6.67 Å². The number of allylic oxidation sites excluding steroid dienone is 2. The Labute approximate surface area is 156 Å². The third kappa shape index (κ3) is 4.64. The Morgan fingerprint density at radius 3 is 2.67 bits per heavy atom. The summed E-state index contributed by atoms with van der Waals surface area (Å²) in [6, 6.07) is 0. The normalized spacial score (nSPS) is 12.8. The van der Waals surface area contributed by atoms with Gasteiger partial charge in [-0.3, -0.25) is 9.59 Å². The van der Waals surface area contributed by atoms with Crippen molar-refractivity contribution in [2.45, 2.75) is 39.2 Å². The lowest BCUT2D eigenvalue weighted by molar-refractivity contribution is -0.136. The van der Waals surface area contributed by atoms with E-state index in [9.17, 15) is 18.8 Å². The molecule has 0 spiro atoms. The van der Waals surface area contributed by atoms with E-state index in [0.29, 0.717) is 36.1 Å². The van der Waals surface area contributed by atoms with Crippen LogP contribution in [0.25, 0.3) is 0 Å². The number of hydrogen-bond acceptors (Lipinski definition) is 5. The van der Waals surface area contributed by atoms with Crippen LogP contribution in [0.3, 0.4) is 0 Å². The molecule has 1 aromatic carbocycles. The number of alkyl halides is 1. The number of aliphatic carboxylic acids is 1. The van der Waals surface area contributed by atoms with Gasteiger partial charge in [-0.05, 0) is 31.7 Å². The molecule has 0 unspecified atom stereocenters. The van der Waals surface area contributed by atoms with Gasteiger partial charge in [0.1, 0.15) is 12.4 Å². The van der Waals surface area contributed by atoms with E-state index < -0.39 is 24.5 Å². The van der Waals surface area contributed by atoms with Gasteiger partial charge in [0.05, 0.1) is 18.4 Å². The van der Waals surface area contributed by atoms with Gasteiger partial charge in [-0.2, -0.15) is 0 Å². The molecule has 8 heteroatoms. The molecule has 0 radical (unpaired) electrons. The zero-order valence-corrected chi connectivity index (χ0v) is 15.3. The molecule has 2 N–H and O–H groups in total. The summed E-state index contributed by atoms with van der Waals surface area (Å²) in [6.07, 6.45) is 4.98. The number of nitrogens with one attached hydrogen (secondary N) is 1. The minimum Gasteiger partial charge on any atom is -0.496 e. The third-order valence-corrected chi connectivity index (χ3v) is 4.32. The number of carboxylic acids is 1. The molecule has 0 bridgehead atoms. The molecule has 0 aliphatic carbocycles. The molecule has 146 valence electrons.